The van der Waals surface area contributed by atoms with E-state index < -0.39 is 0 Å². The van der Waals surface area contributed by atoms with Crippen LogP contribution in [0, 0.1) is 0 Å². The second-order valence-corrected chi connectivity index (χ2v) is 5.82. The van der Waals surface area contributed by atoms with Crippen LogP contribution in [0.3, 0.4) is 0 Å². The molecule has 122 valence electrons. The van der Waals surface area contributed by atoms with Crippen LogP contribution in [0.4, 0.5) is 4.79 Å². The highest BCUT2D eigenvalue weighted by molar-refractivity contribution is 6.04. The summed E-state index contributed by atoms with van der Waals surface area (Å²) in [6.45, 7) is 1.95. The third kappa shape index (κ3) is 2.93. The second kappa shape index (κ2) is 6.66. The average molecular weight is 321 g/mol. The summed E-state index contributed by atoms with van der Waals surface area (Å²) in [4.78, 5) is 32.2. The standard InChI is InChI=1S/C19H19N3O2/c1-14-18(16-8-4-3-5-9-16)22(19(24)21(14)2)17(23)11-10-15-7-6-12-20-13-15/h3-14,18H,1-2H3/b11-10+/t14?,18-/m1/s1. The van der Waals surface area contributed by atoms with Crippen molar-refractivity contribution in [3.63, 3.8) is 0 Å². The number of hydrogen-bond acceptors (Lipinski definition) is 3. The Hall–Kier alpha value is -2.95. The van der Waals surface area contributed by atoms with E-state index >= 15 is 0 Å². The quantitative estimate of drug-likeness (QED) is 0.816. The molecule has 2 aromatic rings. The van der Waals surface area contributed by atoms with Crippen LogP contribution in [0.1, 0.15) is 24.1 Å². The van der Waals surface area contributed by atoms with Gasteiger partial charge in [0.25, 0.3) is 5.91 Å². The molecule has 1 aromatic heterocycles. The smallest absolute Gasteiger partial charge is 0.322 e. The molecule has 1 fully saturated rings. The van der Waals surface area contributed by atoms with E-state index in [0.717, 1.165) is 11.1 Å². The lowest BCUT2D eigenvalue weighted by atomic mass is 10.0. The fourth-order valence-electron chi connectivity index (χ4n) is 2.92. The SMILES string of the molecule is CC1[C@H](c2ccccc2)N(C(=O)/C=C/c2cccnc2)C(=O)N1C. The maximum absolute atomic E-state index is 12.7. The number of likely N-dealkylation sites (N-methyl/N-ethyl adjacent to an activating group) is 1. The minimum atomic E-state index is -0.325. The van der Waals surface area contributed by atoms with Gasteiger partial charge in [-0.05, 0) is 30.2 Å². The molecule has 0 aliphatic carbocycles. The van der Waals surface area contributed by atoms with E-state index in [4.69, 9.17) is 0 Å². The Morgan fingerprint density at radius 2 is 1.92 bits per heavy atom. The van der Waals surface area contributed by atoms with Crippen molar-refractivity contribution in [1.82, 2.24) is 14.8 Å². The lowest BCUT2D eigenvalue weighted by Crippen LogP contribution is -2.35. The van der Waals surface area contributed by atoms with Gasteiger partial charge in [0.15, 0.2) is 0 Å². The molecule has 0 saturated carbocycles. The van der Waals surface area contributed by atoms with Gasteiger partial charge in [-0.1, -0.05) is 36.4 Å². The molecule has 0 N–H and O–H groups in total. The zero-order valence-corrected chi connectivity index (χ0v) is 13.7. The Bertz CT molecular complexity index is 759. The van der Waals surface area contributed by atoms with Gasteiger partial charge >= 0.3 is 6.03 Å². The van der Waals surface area contributed by atoms with Crippen molar-refractivity contribution in [2.75, 3.05) is 7.05 Å². The molecular formula is C19H19N3O2. The van der Waals surface area contributed by atoms with Crippen molar-refractivity contribution in [2.45, 2.75) is 19.0 Å². The molecule has 2 atom stereocenters. The first-order chi connectivity index (χ1) is 11.6. The van der Waals surface area contributed by atoms with Crippen LogP contribution < -0.4 is 0 Å². The zero-order valence-electron chi connectivity index (χ0n) is 13.7. The Morgan fingerprint density at radius 1 is 1.17 bits per heavy atom. The Labute approximate surface area is 141 Å². The number of hydrogen-bond donors (Lipinski definition) is 0. The van der Waals surface area contributed by atoms with Crippen molar-refractivity contribution in [1.29, 1.82) is 0 Å². The van der Waals surface area contributed by atoms with Gasteiger partial charge in [0.2, 0.25) is 0 Å². The fourth-order valence-corrected chi connectivity index (χ4v) is 2.92. The van der Waals surface area contributed by atoms with Crippen LogP contribution >= 0.6 is 0 Å². The summed E-state index contributed by atoms with van der Waals surface area (Å²) in [5.74, 6) is -0.325. The van der Waals surface area contributed by atoms with Gasteiger partial charge in [-0.3, -0.25) is 14.7 Å². The second-order valence-electron chi connectivity index (χ2n) is 5.82. The maximum Gasteiger partial charge on any atom is 0.327 e. The third-order valence-corrected chi connectivity index (χ3v) is 4.34. The van der Waals surface area contributed by atoms with Crippen molar-refractivity contribution in [3.8, 4) is 0 Å². The third-order valence-electron chi connectivity index (χ3n) is 4.34. The normalized spacial score (nSPS) is 20.8. The molecule has 24 heavy (non-hydrogen) atoms. The lowest BCUT2D eigenvalue weighted by molar-refractivity contribution is -0.124. The van der Waals surface area contributed by atoms with E-state index in [1.165, 1.54) is 11.0 Å². The summed E-state index contributed by atoms with van der Waals surface area (Å²) in [5.41, 5.74) is 1.76. The lowest BCUT2D eigenvalue weighted by Gasteiger charge is -2.23. The Morgan fingerprint density at radius 3 is 2.58 bits per heavy atom. The molecule has 1 aliphatic rings. The van der Waals surface area contributed by atoms with Crippen LogP contribution in [0.15, 0.2) is 60.9 Å². The molecular weight excluding hydrogens is 302 g/mol. The predicted molar refractivity (Wildman–Crippen MR) is 91.9 cm³/mol. The number of rotatable bonds is 3. The van der Waals surface area contributed by atoms with Crippen LogP contribution in [0.2, 0.25) is 0 Å². The van der Waals surface area contributed by atoms with E-state index in [1.807, 2.05) is 43.3 Å². The van der Waals surface area contributed by atoms with Crippen molar-refractivity contribution in [2.24, 2.45) is 0 Å². The van der Waals surface area contributed by atoms with Gasteiger partial charge in [0.1, 0.15) is 0 Å². The molecule has 3 amide bonds. The summed E-state index contributed by atoms with van der Waals surface area (Å²) < 4.78 is 0. The Kier molecular flexibility index (Phi) is 4.42. The van der Waals surface area contributed by atoms with Gasteiger partial charge < -0.3 is 4.90 Å². The number of amides is 3. The highest BCUT2D eigenvalue weighted by atomic mass is 16.2. The first-order valence-electron chi connectivity index (χ1n) is 7.82. The number of pyridine rings is 1. The van der Waals surface area contributed by atoms with Gasteiger partial charge in [-0.15, -0.1) is 0 Å². The monoisotopic (exact) mass is 321 g/mol. The number of imide groups is 1. The number of benzene rings is 1. The zero-order chi connectivity index (χ0) is 17.1. The van der Waals surface area contributed by atoms with Crippen LogP contribution in [-0.2, 0) is 4.79 Å². The summed E-state index contributed by atoms with van der Waals surface area (Å²) in [6, 6.07) is 12.6. The molecule has 0 bridgehead atoms. The number of urea groups is 1. The summed E-state index contributed by atoms with van der Waals surface area (Å²) in [7, 11) is 1.72. The maximum atomic E-state index is 12.7. The molecule has 0 spiro atoms. The molecule has 1 aromatic carbocycles. The van der Waals surface area contributed by atoms with Crippen LogP contribution in [0.25, 0.3) is 6.08 Å². The van der Waals surface area contributed by atoms with Crippen molar-refractivity contribution in [3.05, 3.63) is 72.1 Å². The number of nitrogens with zero attached hydrogens (tertiary/aromatic N) is 3. The van der Waals surface area contributed by atoms with Crippen LogP contribution in [-0.4, -0.2) is 39.8 Å². The number of carbonyl (C=O) groups excluding carboxylic acids is 2. The largest absolute Gasteiger partial charge is 0.327 e. The summed E-state index contributed by atoms with van der Waals surface area (Å²) in [6.07, 6.45) is 6.44. The molecule has 1 aliphatic heterocycles. The molecule has 1 unspecified atom stereocenters. The molecule has 2 heterocycles. The van der Waals surface area contributed by atoms with E-state index in [9.17, 15) is 9.59 Å². The van der Waals surface area contributed by atoms with E-state index in [1.54, 1.807) is 36.5 Å². The average Bonchev–Trinajstić information content (AvgIpc) is 2.85. The van der Waals surface area contributed by atoms with Crippen LogP contribution in [0.5, 0.6) is 0 Å². The first-order valence-corrected chi connectivity index (χ1v) is 7.82. The van der Waals surface area contributed by atoms with Gasteiger partial charge in [0.05, 0.1) is 12.1 Å². The first kappa shape index (κ1) is 15.9. The summed E-state index contributed by atoms with van der Waals surface area (Å²) in [5, 5.41) is 0. The minimum absolute atomic E-state index is 0.0874. The van der Waals surface area contributed by atoms with Gasteiger partial charge in [-0.2, -0.15) is 0 Å². The molecule has 5 nitrogen and oxygen atoms in total. The van der Waals surface area contributed by atoms with Gasteiger partial charge in [-0.25, -0.2) is 4.79 Å². The topological polar surface area (TPSA) is 53.5 Å². The molecule has 1 saturated heterocycles. The number of carbonyl (C=O) groups is 2. The Balaban J connectivity index is 1.90. The molecule has 3 rings (SSSR count). The van der Waals surface area contributed by atoms with Gasteiger partial charge in [0, 0.05) is 25.5 Å². The highest BCUT2D eigenvalue weighted by Gasteiger charge is 2.44. The van der Waals surface area contributed by atoms with Crippen molar-refractivity contribution >= 4 is 18.0 Å². The highest BCUT2D eigenvalue weighted by Crippen LogP contribution is 2.34. The minimum Gasteiger partial charge on any atom is -0.322 e. The van der Waals surface area contributed by atoms with E-state index in [0.29, 0.717) is 0 Å². The fraction of sp³-hybridized carbons (Fsp3) is 0.211. The van der Waals surface area contributed by atoms with E-state index in [-0.39, 0.29) is 24.0 Å². The molecule has 5 heteroatoms. The predicted octanol–water partition coefficient (Wildman–Crippen LogP) is 3.12. The molecule has 0 radical (unpaired) electrons. The number of aromatic nitrogens is 1. The van der Waals surface area contributed by atoms with Crippen molar-refractivity contribution < 1.29 is 9.59 Å². The van der Waals surface area contributed by atoms with E-state index in [2.05, 4.69) is 4.98 Å². The summed E-state index contributed by atoms with van der Waals surface area (Å²) >= 11 is 0.